The van der Waals surface area contributed by atoms with Crippen molar-refractivity contribution >= 4 is 41.1 Å². The standard InChI is InChI=1S/C27H36Cl2F3N5O2/c1-17(18-9-11-35(2)12-10-18)37(16-23(38)24-21(28)14-34-15-22(24)29)26(39)20(13-33)25(27(30,31)32)36(3)19-7-5-4-6-8-19/h13-15,17-19,33H,4-12,16H2,1-3H3/b25-20+,33-13?/t17-/m1/s1. The van der Waals surface area contributed by atoms with Crippen LogP contribution in [0.5, 0.6) is 0 Å². The Hall–Kier alpha value is -2.17. The van der Waals surface area contributed by atoms with E-state index in [1.807, 2.05) is 7.05 Å². The normalized spacial score (nSPS) is 19.3. The molecular weight excluding hydrogens is 554 g/mol. The number of nitrogens with one attached hydrogen (secondary N) is 1. The SMILES string of the molecule is C[C@H](C1CCN(C)CC1)N(CC(=O)c1c(Cl)cncc1Cl)C(=O)/C(C=N)=C(/N(C)C1CCCCC1)C(F)(F)F. The van der Waals surface area contributed by atoms with E-state index in [-0.39, 0.29) is 21.5 Å². The maximum Gasteiger partial charge on any atom is 0.431 e. The van der Waals surface area contributed by atoms with Crippen LogP contribution < -0.4 is 0 Å². The lowest BCUT2D eigenvalue weighted by Crippen LogP contribution is -2.50. The van der Waals surface area contributed by atoms with Crippen molar-refractivity contribution in [2.75, 3.05) is 33.7 Å². The number of piperidine rings is 1. The van der Waals surface area contributed by atoms with Gasteiger partial charge in [-0.25, -0.2) is 0 Å². The van der Waals surface area contributed by atoms with Crippen molar-refractivity contribution in [2.45, 2.75) is 70.1 Å². The Kier molecular flexibility index (Phi) is 10.8. The van der Waals surface area contributed by atoms with Gasteiger partial charge >= 0.3 is 6.18 Å². The Morgan fingerprint density at radius 3 is 2.21 bits per heavy atom. The van der Waals surface area contributed by atoms with Crippen LogP contribution in [0.3, 0.4) is 0 Å². The van der Waals surface area contributed by atoms with Gasteiger partial charge in [0, 0.05) is 37.7 Å². The molecule has 1 aliphatic carbocycles. The average Bonchev–Trinajstić information content (AvgIpc) is 2.89. The lowest BCUT2D eigenvalue weighted by atomic mass is 9.88. The predicted molar refractivity (Wildman–Crippen MR) is 146 cm³/mol. The first-order valence-electron chi connectivity index (χ1n) is 13.2. The maximum atomic E-state index is 14.5. The Morgan fingerprint density at radius 2 is 1.69 bits per heavy atom. The Labute approximate surface area is 237 Å². The van der Waals surface area contributed by atoms with E-state index in [1.54, 1.807) is 6.92 Å². The number of allylic oxidation sites excluding steroid dienone is 1. The molecule has 1 N–H and O–H groups in total. The van der Waals surface area contributed by atoms with Gasteiger partial charge in [-0.15, -0.1) is 0 Å². The summed E-state index contributed by atoms with van der Waals surface area (Å²) in [6, 6.07) is -0.965. The van der Waals surface area contributed by atoms with Crippen molar-refractivity contribution in [2.24, 2.45) is 5.92 Å². The van der Waals surface area contributed by atoms with Crippen LogP contribution in [0.15, 0.2) is 23.7 Å². The zero-order valence-electron chi connectivity index (χ0n) is 22.5. The van der Waals surface area contributed by atoms with Crippen LogP contribution in [0.2, 0.25) is 10.0 Å². The summed E-state index contributed by atoms with van der Waals surface area (Å²) >= 11 is 12.4. The molecule has 216 valence electrons. The fourth-order valence-corrected chi connectivity index (χ4v) is 6.23. The summed E-state index contributed by atoms with van der Waals surface area (Å²) in [6.45, 7) is 2.74. The summed E-state index contributed by atoms with van der Waals surface area (Å²) in [5.74, 6) is -1.67. The van der Waals surface area contributed by atoms with E-state index in [9.17, 15) is 22.8 Å². The van der Waals surface area contributed by atoms with Gasteiger partial charge in [0.1, 0.15) is 5.70 Å². The molecule has 0 aromatic carbocycles. The number of rotatable bonds is 9. The average molecular weight is 591 g/mol. The second-order valence-electron chi connectivity index (χ2n) is 10.5. The van der Waals surface area contributed by atoms with Crippen molar-refractivity contribution in [1.29, 1.82) is 5.41 Å². The van der Waals surface area contributed by atoms with Crippen LogP contribution in [0.1, 0.15) is 62.2 Å². The largest absolute Gasteiger partial charge is 0.431 e. The zero-order valence-corrected chi connectivity index (χ0v) is 24.0. The van der Waals surface area contributed by atoms with Gasteiger partial charge in [-0.1, -0.05) is 42.5 Å². The molecule has 39 heavy (non-hydrogen) atoms. The lowest BCUT2D eigenvalue weighted by Gasteiger charge is -2.40. The number of hydrogen-bond acceptors (Lipinski definition) is 6. The summed E-state index contributed by atoms with van der Waals surface area (Å²) in [6.07, 6.45) is 3.21. The number of carbonyl (C=O) groups excluding carboxylic acids is 2. The quantitative estimate of drug-likeness (QED) is 0.222. The number of pyridine rings is 1. The third kappa shape index (κ3) is 7.52. The number of carbonyl (C=O) groups is 2. The molecule has 1 amide bonds. The van der Waals surface area contributed by atoms with Crippen molar-refractivity contribution < 1.29 is 22.8 Å². The minimum atomic E-state index is -4.88. The van der Waals surface area contributed by atoms with E-state index >= 15 is 0 Å². The van der Waals surface area contributed by atoms with Gasteiger partial charge in [-0.3, -0.25) is 14.6 Å². The zero-order chi connectivity index (χ0) is 28.9. The van der Waals surface area contributed by atoms with Crippen molar-refractivity contribution in [3.63, 3.8) is 0 Å². The topological polar surface area (TPSA) is 80.6 Å². The minimum Gasteiger partial charge on any atom is -0.367 e. The van der Waals surface area contributed by atoms with E-state index in [2.05, 4.69) is 9.88 Å². The van der Waals surface area contributed by atoms with Gasteiger partial charge in [0.2, 0.25) is 0 Å². The van der Waals surface area contributed by atoms with Crippen LogP contribution in [0, 0.1) is 11.3 Å². The van der Waals surface area contributed by atoms with Gasteiger partial charge in [0.15, 0.2) is 5.78 Å². The molecule has 7 nitrogen and oxygen atoms in total. The van der Waals surface area contributed by atoms with Crippen LogP contribution in [-0.4, -0.2) is 89.6 Å². The maximum absolute atomic E-state index is 14.5. The molecule has 1 aliphatic heterocycles. The van der Waals surface area contributed by atoms with E-state index in [1.165, 1.54) is 19.4 Å². The highest BCUT2D eigenvalue weighted by atomic mass is 35.5. The number of halogens is 5. The number of amides is 1. The monoisotopic (exact) mass is 589 g/mol. The fourth-order valence-electron chi connectivity index (χ4n) is 5.66. The molecule has 1 atom stereocenters. The van der Waals surface area contributed by atoms with Crippen molar-refractivity contribution in [3.05, 3.63) is 39.3 Å². The Morgan fingerprint density at radius 1 is 1.13 bits per heavy atom. The second-order valence-corrected chi connectivity index (χ2v) is 11.3. The summed E-state index contributed by atoms with van der Waals surface area (Å²) in [5.41, 5.74) is -1.98. The van der Waals surface area contributed by atoms with E-state index in [0.29, 0.717) is 31.9 Å². The molecule has 1 saturated heterocycles. The highest BCUT2D eigenvalue weighted by molar-refractivity contribution is 6.39. The number of hydrogen-bond donors (Lipinski definition) is 1. The molecule has 3 rings (SSSR count). The number of aromatic nitrogens is 1. The van der Waals surface area contributed by atoms with Crippen LogP contribution in [-0.2, 0) is 4.79 Å². The van der Waals surface area contributed by atoms with Gasteiger partial charge < -0.3 is 20.1 Å². The number of ketones is 1. The van der Waals surface area contributed by atoms with Crippen LogP contribution >= 0.6 is 23.2 Å². The fraction of sp³-hybridized carbons (Fsp3) is 0.630. The third-order valence-corrected chi connectivity index (χ3v) is 8.59. The number of alkyl halides is 3. The summed E-state index contributed by atoms with van der Waals surface area (Å²) in [4.78, 5) is 35.6. The molecule has 0 radical (unpaired) electrons. The Bertz CT molecular complexity index is 1060. The van der Waals surface area contributed by atoms with Gasteiger partial charge in [-0.05, 0) is 58.7 Å². The lowest BCUT2D eigenvalue weighted by molar-refractivity contribution is -0.133. The molecule has 0 spiro atoms. The smallest absolute Gasteiger partial charge is 0.367 e. The van der Waals surface area contributed by atoms with Gasteiger partial charge in [0.05, 0.1) is 27.7 Å². The molecule has 1 saturated carbocycles. The molecule has 1 aromatic rings. The van der Waals surface area contributed by atoms with Crippen LogP contribution in [0.4, 0.5) is 13.2 Å². The molecule has 12 heteroatoms. The molecule has 0 unspecified atom stereocenters. The summed E-state index contributed by atoms with van der Waals surface area (Å²) in [7, 11) is 3.31. The number of likely N-dealkylation sites (tertiary alicyclic amines) is 1. The summed E-state index contributed by atoms with van der Waals surface area (Å²) in [5, 5.41) is 7.91. The highest BCUT2D eigenvalue weighted by Gasteiger charge is 2.44. The predicted octanol–water partition coefficient (Wildman–Crippen LogP) is 5.86. The van der Waals surface area contributed by atoms with Gasteiger partial charge in [0.25, 0.3) is 5.91 Å². The second kappa shape index (κ2) is 13.5. The molecule has 0 bridgehead atoms. The van der Waals surface area contributed by atoms with Crippen LogP contribution in [0.25, 0.3) is 0 Å². The number of nitrogens with zero attached hydrogens (tertiary/aromatic N) is 4. The third-order valence-electron chi connectivity index (χ3n) is 8.02. The minimum absolute atomic E-state index is 0.0114. The number of Topliss-reactive ketones (excluding diaryl/α,β-unsaturated/α-hetero) is 1. The van der Waals surface area contributed by atoms with E-state index in [4.69, 9.17) is 28.6 Å². The summed E-state index contributed by atoms with van der Waals surface area (Å²) < 4.78 is 43.6. The Balaban J connectivity index is 2.06. The highest BCUT2D eigenvalue weighted by Crippen LogP contribution is 2.36. The molecule has 1 aromatic heterocycles. The molecular formula is C27H36Cl2F3N5O2. The molecule has 2 heterocycles. The van der Waals surface area contributed by atoms with E-state index < -0.39 is 47.8 Å². The molecule has 2 fully saturated rings. The first kappa shape index (κ1) is 31.4. The van der Waals surface area contributed by atoms with Crippen molar-refractivity contribution in [3.8, 4) is 0 Å². The van der Waals surface area contributed by atoms with Crippen molar-refractivity contribution in [1.82, 2.24) is 19.7 Å². The van der Waals surface area contributed by atoms with E-state index in [0.717, 1.165) is 42.2 Å². The van der Waals surface area contributed by atoms with Gasteiger partial charge in [-0.2, -0.15) is 13.2 Å². The first-order chi connectivity index (χ1) is 18.4. The first-order valence-corrected chi connectivity index (χ1v) is 14.0. The molecule has 2 aliphatic rings.